The Morgan fingerprint density at radius 3 is 2.80 bits per heavy atom. The van der Waals surface area contributed by atoms with Crippen LogP contribution >= 0.6 is 15.9 Å². The zero-order valence-corrected chi connectivity index (χ0v) is 12.6. The summed E-state index contributed by atoms with van der Waals surface area (Å²) in [6, 6.07) is 3.46. The van der Waals surface area contributed by atoms with Gasteiger partial charge >= 0.3 is 5.97 Å². The van der Waals surface area contributed by atoms with Gasteiger partial charge in [-0.15, -0.1) is 10.2 Å². The molecule has 0 aliphatic heterocycles. The lowest BCUT2D eigenvalue weighted by Gasteiger charge is -2.16. The first-order valence-corrected chi connectivity index (χ1v) is 6.74. The number of hydrogen-bond donors (Lipinski definition) is 1. The van der Waals surface area contributed by atoms with Crippen LogP contribution < -0.4 is 0 Å². The number of aromatic nitrogens is 2. The first-order valence-electron chi connectivity index (χ1n) is 5.95. The van der Waals surface area contributed by atoms with Crippen LogP contribution in [0.25, 0.3) is 11.7 Å². The molecule has 1 unspecified atom stereocenters. The van der Waals surface area contributed by atoms with Crippen molar-refractivity contribution in [3.63, 3.8) is 0 Å². The highest BCUT2D eigenvalue weighted by Crippen LogP contribution is 2.23. The summed E-state index contributed by atoms with van der Waals surface area (Å²) in [7, 11) is 1.80. The second-order valence-corrected chi connectivity index (χ2v) is 5.32. The summed E-state index contributed by atoms with van der Waals surface area (Å²) in [4.78, 5) is 12.6. The summed E-state index contributed by atoms with van der Waals surface area (Å²) in [5.74, 6) is -0.0953. The van der Waals surface area contributed by atoms with E-state index in [1.165, 1.54) is 0 Å². The first kappa shape index (κ1) is 14.7. The molecule has 108 valence electrons. The van der Waals surface area contributed by atoms with Gasteiger partial charge in [0.25, 0.3) is 5.89 Å². The van der Waals surface area contributed by atoms with Gasteiger partial charge in [-0.25, -0.2) is 0 Å². The minimum Gasteiger partial charge on any atom is -0.481 e. The molecular weight excluding hydrogens is 330 g/mol. The van der Waals surface area contributed by atoms with Gasteiger partial charge in [0, 0.05) is 6.54 Å². The van der Waals surface area contributed by atoms with Crippen molar-refractivity contribution in [2.45, 2.75) is 13.5 Å². The van der Waals surface area contributed by atoms with E-state index in [1.807, 2.05) is 4.90 Å². The summed E-state index contributed by atoms with van der Waals surface area (Å²) in [5.41, 5.74) is 0. The van der Waals surface area contributed by atoms with Crippen molar-refractivity contribution in [3.8, 4) is 11.7 Å². The largest absolute Gasteiger partial charge is 0.481 e. The van der Waals surface area contributed by atoms with Crippen LogP contribution in [0.4, 0.5) is 0 Å². The third kappa shape index (κ3) is 3.67. The van der Waals surface area contributed by atoms with E-state index in [4.69, 9.17) is 13.9 Å². The lowest BCUT2D eigenvalue weighted by molar-refractivity contribution is -0.141. The molecule has 0 aliphatic carbocycles. The average molecular weight is 344 g/mol. The fourth-order valence-corrected chi connectivity index (χ4v) is 1.99. The van der Waals surface area contributed by atoms with Crippen molar-refractivity contribution in [1.82, 2.24) is 15.1 Å². The third-order valence-electron chi connectivity index (χ3n) is 2.66. The average Bonchev–Trinajstić information content (AvgIpc) is 2.97. The molecule has 0 radical (unpaired) electrons. The van der Waals surface area contributed by atoms with Crippen molar-refractivity contribution in [3.05, 3.63) is 22.7 Å². The van der Waals surface area contributed by atoms with E-state index >= 15 is 0 Å². The van der Waals surface area contributed by atoms with E-state index in [-0.39, 0.29) is 0 Å². The highest BCUT2D eigenvalue weighted by atomic mass is 79.9. The minimum atomic E-state index is -0.830. The quantitative estimate of drug-likeness (QED) is 0.859. The van der Waals surface area contributed by atoms with E-state index in [0.717, 1.165) is 0 Å². The van der Waals surface area contributed by atoms with Crippen molar-refractivity contribution in [2.24, 2.45) is 5.92 Å². The molecule has 0 aliphatic rings. The van der Waals surface area contributed by atoms with E-state index in [2.05, 4.69) is 26.1 Å². The summed E-state index contributed by atoms with van der Waals surface area (Å²) in [6.45, 7) is 2.43. The Hall–Kier alpha value is -1.67. The summed E-state index contributed by atoms with van der Waals surface area (Å²) >= 11 is 3.20. The Balaban J connectivity index is 1.97. The van der Waals surface area contributed by atoms with Crippen LogP contribution in [0.1, 0.15) is 12.8 Å². The van der Waals surface area contributed by atoms with Crippen molar-refractivity contribution in [1.29, 1.82) is 0 Å². The zero-order chi connectivity index (χ0) is 14.7. The van der Waals surface area contributed by atoms with Crippen LogP contribution in [0.3, 0.4) is 0 Å². The monoisotopic (exact) mass is 343 g/mol. The molecule has 8 heteroatoms. The van der Waals surface area contributed by atoms with Gasteiger partial charge < -0.3 is 13.9 Å². The molecule has 0 amide bonds. The SMILES string of the molecule is CC(CN(C)Cc1nnc(-c2ccc(Br)o2)o1)C(=O)O. The molecule has 2 aromatic rings. The number of rotatable bonds is 6. The predicted octanol–water partition coefficient (Wildman–Crippen LogP) is 2.24. The Kier molecular flexibility index (Phi) is 4.56. The Morgan fingerprint density at radius 2 is 2.20 bits per heavy atom. The third-order valence-corrected chi connectivity index (χ3v) is 3.09. The van der Waals surface area contributed by atoms with Gasteiger partial charge in [0.05, 0.1) is 12.5 Å². The standard InChI is InChI=1S/C12H14BrN3O4/c1-7(12(17)18)5-16(2)6-10-14-15-11(20-10)8-3-4-9(13)19-8/h3-4,7H,5-6H2,1-2H3,(H,17,18). The fourth-order valence-electron chi connectivity index (χ4n) is 1.69. The lowest BCUT2D eigenvalue weighted by Crippen LogP contribution is -2.28. The summed E-state index contributed by atoms with van der Waals surface area (Å²) in [5, 5.41) is 16.7. The number of hydrogen-bond acceptors (Lipinski definition) is 6. The minimum absolute atomic E-state index is 0.297. The van der Waals surface area contributed by atoms with Crippen LogP contribution in [0.5, 0.6) is 0 Å². The number of carboxylic acids is 1. The topological polar surface area (TPSA) is 92.6 Å². The van der Waals surface area contributed by atoms with Crippen LogP contribution in [-0.4, -0.2) is 39.8 Å². The number of aliphatic carboxylic acids is 1. The Bertz CT molecular complexity index is 595. The predicted molar refractivity (Wildman–Crippen MR) is 72.8 cm³/mol. The van der Waals surface area contributed by atoms with Crippen molar-refractivity contribution < 1.29 is 18.7 Å². The molecule has 0 bridgehead atoms. The van der Waals surface area contributed by atoms with Gasteiger partial charge in [-0.3, -0.25) is 9.69 Å². The number of carboxylic acid groups (broad SMARTS) is 1. The Morgan fingerprint density at radius 1 is 1.45 bits per heavy atom. The molecule has 2 rings (SSSR count). The van der Waals surface area contributed by atoms with Gasteiger partial charge in [0.1, 0.15) is 0 Å². The molecule has 7 nitrogen and oxygen atoms in total. The fraction of sp³-hybridized carbons (Fsp3) is 0.417. The summed E-state index contributed by atoms with van der Waals surface area (Å²) in [6.07, 6.45) is 0. The smallest absolute Gasteiger partial charge is 0.307 e. The van der Waals surface area contributed by atoms with E-state index in [9.17, 15) is 4.79 Å². The highest BCUT2D eigenvalue weighted by Gasteiger charge is 2.17. The first-order chi connectivity index (χ1) is 9.45. The molecule has 0 fully saturated rings. The molecule has 0 saturated heterocycles. The number of halogens is 1. The second-order valence-electron chi connectivity index (χ2n) is 4.54. The molecule has 0 saturated carbocycles. The molecule has 1 atom stereocenters. The number of nitrogens with zero attached hydrogens (tertiary/aromatic N) is 3. The van der Waals surface area contributed by atoms with Gasteiger partial charge in [-0.1, -0.05) is 6.92 Å². The Labute approximate surface area is 123 Å². The maximum atomic E-state index is 10.8. The van der Waals surface area contributed by atoms with Crippen molar-refractivity contribution >= 4 is 21.9 Å². The van der Waals surface area contributed by atoms with Crippen LogP contribution in [0, 0.1) is 5.92 Å². The van der Waals surface area contributed by atoms with Gasteiger partial charge in [0.15, 0.2) is 10.4 Å². The van der Waals surface area contributed by atoms with Crippen LogP contribution in [-0.2, 0) is 11.3 Å². The number of furan rings is 1. The van der Waals surface area contributed by atoms with E-state index in [1.54, 1.807) is 26.1 Å². The van der Waals surface area contributed by atoms with Crippen molar-refractivity contribution in [2.75, 3.05) is 13.6 Å². The lowest BCUT2D eigenvalue weighted by atomic mass is 10.2. The normalized spacial score (nSPS) is 12.8. The molecule has 0 spiro atoms. The van der Waals surface area contributed by atoms with Crippen LogP contribution in [0.2, 0.25) is 0 Å². The molecule has 2 aromatic heterocycles. The highest BCUT2D eigenvalue weighted by molar-refractivity contribution is 9.10. The molecular formula is C12H14BrN3O4. The maximum absolute atomic E-state index is 10.8. The molecule has 1 N–H and O–H groups in total. The van der Waals surface area contributed by atoms with E-state index in [0.29, 0.717) is 35.3 Å². The maximum Gasteiger partial charge on any atom is 0.307 e. The van der Waals surface area contributed by atoms with Gasteiger partial charge in [-0.05, 0) is 35.1 Å². The van der Waals surface area contributed by atoms with Gasteiger partial charge in [-0.2, -0.15) is 0 Å². The zero-order valence-electron chi connectivity index (χ0n) is 11.0. The molecule has 2 heterocycles. The molecule has 20 heavy (non-hydrogen) atoms. The summed E-state index contributed by atoms with van der Waals surface area (Å²) < 4.78 is 11.4. The van der Waals surface area contributed by atoms with E-state index < -0.39 is 11.9 Å². The number of carbonyl (C=O) groups is 1. The molecule has 0 aromatic carbocycles. The van der Waals surface area contributed by atoms with Crippen LogP contribution in [0.15, 0.2) is 25.6 Å². The van der Waals surface area contributed by atoms with Gasteiger partial charge in [0.2, 0.25) is 5.89 Å². The second kappa shape index (κ2) is 6.19.